The Kier molecular flexibility index (Phi) is 4.92. The second kappa shape index (κ2) is 6.67. The Hall–Kier alpha value is -1.66. The van der Waals surface area contributed by atoms with Crippen LogP contribution in [0.5, 0.6) is 0 Å². The van der Waals surface area contributed by atoms with Crippen LogP contribution in [0.1, 0.15) is 20.8 Å². The third-order valence-electron chi connectivity index (χ3n) is 2.66. The van der Waals surface area contributed by atoms with E-state index in [0.29, 0.717) is 17.7 Å². The molecule has 0 aromatic carbocycles. The number of carbonyl (C=O) groups excluding carboxylic acids is 1. The summed E-state index contributed by atoms with van der Waals surface area (Å²) in [5, 5.41) is 5.26. The minimum Gasteiger partial charge on any atom is -0.368 e. The fraction of sp³-hybridized carbons (Fsp3) is 0.429. The smallest absolute Gasteiger partial charge is 0.254 e. The van der Waals surface area contributed by atoms with Gasteiger partial charge in [-0.05, 0) is 25.0 Å². The Bertz CT molecular complexity index is 549. The molecule has 108 valence electrons. The lowest BCUT2D eigenvalue weighted by molar-refractivity contribution is -0.126. The fourth-order valence-electron chi connectivity index (χ4n) is 1.56. The van der Waals surface area contributed by atoms with Crippen LogP contribution in [0.2, 0.25) is 0 Å². The lowest BCUT2D eigenvalue weighted by atomic mass is 10.2. The van der Waals surface area contributed by atoms with Gasteiger partial charge in [0.25, 0.3) is 5.91 Å². The number of amides is 1. The van der Waals surface area contributed by atoms with E-state index in [2.05, 4.69) is 15.3 Å². The molecule has 1 amide bonds. The van der Waals surface area contributed by atoms with Gasteiger partial charge in [0.15, 0.2) is 5.13 Å². The molecule has 0 aliphatic carbocycles. The Morgan fingerprint density at radius 2 is 2.30 bits per heavy atom. The third kappa shape index (κ3) is 3.91. The van der Waals surface area contributed by atoms with Gasteiger partial charge >= 0.3 is 0 Å². The molecule has 0 unspecified atom stereocenters. The van der Waals surface area contributed by atoms with E-state index < -0.39 is 6.10 Å². The highest BCUT2D eigenvalue weighted by Crippen LogP contribution is 2.23. The Morgan fingerprint density at radius 1 is 1.50 bits per heavy atom. The van der Waals surface area contributed by atoms with Gasteiger partial charge in [-0.25, -0.2) is 4.98 Å². The second-order valence-electron chi connectivity index (χ2n) is 4.98. The molecule has 0 spiro atoms. The third-order valence-corrected chi connectivity index (χ3v) is 3.41. The van der Waals surface area contributed by atoms with Gasteiger partial charge in [-0.2, -0.15) is 0 Å². The summed E-state index contributed by atoms with van der Waals surface area (Å²) < 4.78 is 5.48. The van der Waals surface area contributed by atoms with Crippen LogP contribution in [0.4, 0.5) is 5.13 Å². The topological polar surface area (TPSA) is 67.0 Å². The largest absolute Gasteiger partial charge is 0.368 e. The molecule has 0 bridgehead atoms. The van der Waals surface area contributed by atoms with Crippen molar-refractivity contribution < 1.29 is 9.53 Å². The predicted octanol–water partition coefficient (Wildman–Crippen LogP) is 3.14. The molecule has 2 aromatic rings. The standard InChI is InChI=1S/C14H19N3O2S/c1-9(2)7-19-10(3)13(18)17-14-16-12(8-20-14)11-5-4-6-15-11/h4-6,8-10,15H,7H2,1-3H3,(H,16,17,18)/t10-/m1/s1. The van der Waals surface area contributed by atoms with Gasteiger partial charge in [-0.1, -0.05) is 13.8 Å². The maximum Gasteiger partial charge on any atom is 0.254 e. The first-order valence-electron chi connectivity index (χ1n) is 6.58. The molecule has 0 saturated heterocycles. The van der Waals surface area contributed by atoms with Crippen LogP contribution >= 0.6 is 11.3 Å². The summed E-state index contributed by atoms with van der Waals surface area (Å²) in [5.41, 5.74) is 1.76. The lowest BCUT2D eigenvalue weighted by Crippen LogP contribution is -2.28. The monoisotopic (exact) mass is 293 g/mol. The maximum atomic E-state index is 11.9. The molecule has 20 heavy (non-hydrogen) atoms. The van der Waals surface area contributed by atoms with Crippen molar-refractivity contribution in [2.75, 3.05) is 11.9 Å². The Morgan fingerprint density at radius 3 is 2.95 bits per heavy atom. The molecular formula is C14H19N3O2S. The van der Waals surface area contributed by atoms with Gasteiger partial charge in [0.2, 0.25) is 0 Å². The molecule has 0 aliphatic rings. The molecule has 2 rings (SSSR count). The zero-order valence-corrected chi connectivity index (χ0v) is 12.7. The second-order valence-corrected chi connectivity index (χ2v) is 5.84. The number of rotatable bonds is 6. The van der Waals surface area contributed by atoms with E-state index in [1.807, 2.05) is 37.6 Å². The predicted molar refractivity (Wildman–Crippen MR) is 80.8 cm³/mol. The summed E-state index contributed by atoms with van der Waals surface area (Å²) in [6, 6.07) is 3.85. The molecule has 2 aromatic heterocycles. The van der Waals surface area contributed by atoms with Crippen molar-refractivity contribution >= 4 is 22.4 Å². The molecule has 1 atom stereocenters. The highest BCUT2D eigenvalue weighted by Gasteiger charge is 2.16. The molecule has 0 saturated carbocycles. The molecule has 2 heterocycles. The van der Waals surface area contributed by atoms with Crippen LogP contribution < -0.4 is 5.32 Å². The van der Waals surface area contributed by atoms with Crippen LogP contribution in [0, 0.1) is 5.92 Å². The average Bonchev–Trinajstić information content (AvgIpc) is 3.05. The number of hydrogen-bond donors (Lipinski definition) is 2. The number of anilines is 1. The van der Waals surface area contributed by atoms with E-state index in [9.17, 15) is 4.79 Å². The van der Waals surface area contributed by atoms with Gasteiger partial charge in [-0.15, -0.1) is 11.3 Å². The number of aromatic amines is 1. The number of hydrogen-bond acceptors (Lipinski definition) is 4. The van der Waals surface area contributed by atoms with Crippen LogP contribution in [-0.2, 0) is 9.53 Å². The van der Waals surface area contributed by atoms with Crippen molar-refractivity contribution in [3.8, 4) is 11.4 Å². The van der Waals surface area contributed by atoms with Crippen LogP contribution in [0.15, 0.2) is 23.7 Å². The molecule has 2 N–H and O–H groups in total. The SMILES string of the molecule is CC(C)CO[C@H](C)C(=O)Nc1nc(-c2ccc[nH]2)cs1. The molecule has 0 fully saturated rings. The number of aromatic nitrogens is 2. The first-order valence-corrected chi connectivity index (χ1v) is 7.46. The molecular weight excluding hydrogens is 274 g/mol. The maximum absolute atomic E-state index is 11.9. The van der Waals surface area contributed by atoms with Crippen LogP contribution in [-0.4, -0.2) is 28.6 Å². The highest BCUT2D eigenvalue weighted by atomic mass is 32.1. The average molecular weight is 293 g/mol. The summed E-state index contributed by atoms with van der Waals surface area (Å²) in [6.45, 7) is 6.42. The molecule has 5 nitrogen and oxygen atoms in total. The lowest BCUT2D eigenvalue weighted by Gasteiger charge is -2.13. The summed E-state index contributed by atoms with van der Waals surface area (Å²) in [7, 11) is 0. The fourth-order valence-corrected chi connectivity index (χ4v) is 2.28. The molecule has 0 radical (unpaired) electrons. The zero-order valence-electron chi connectivity index (χ0n) is 11.8. The number of thiazole rings is 1. The van der Waals surface area contributed by atoms with Crippen LogP contribution in [0.25, 0.3) is 11.4 Å². The van der Waals surface area contributed by atoms with Gasteiger partial charge < -0.3 is 9.72 Å². The number of ether oxygens (including phenoxy) is 1. The van der Waals surface area contributed by atoms with Crippen molar-refractivity contribution in [3.05, 3.63) is 23.7 Å². The molecule has 0 aliphatic heterocycles. The van der Waals surface area contributed by atoms with Crippen molar-refractivity contribution in [2.24, 2.45) is 5.92 Å². The number of nitrogens with one attached hydrogen (secondary N) is 2. The zero-order chi connectivity index (χ0) is 14.5. The van der Waals surface area contributed by atoms with E-state index >= 15 is 0 Å². The van der Waals surface area contributed by atoms with E-state index in [0.717, 1.165) is 11.4 Å². The minimum atomic E-state index is -0.477. The van der Waals surface area contributed by atoms with E-state index in [4.69, 9.17) is 4.74 Å². The van der Waals surface area contributed by atoms with Gasteiger partial charge in [-0.3, -0.25) is 10.1 Å². The summed E-state index contributed by atoms with van der Waals surface area (Å²) >= 11 is 1.40. The Balaban J connectivity index is 1.91. The summed E-state index contributed by atoms with van der Waals surface area (Å²) in [4.78, 5) is 19.4. The van der Waals surface area contributed by atoms with Crippen molar-refractivity contribution in [3.63, 3.8) is 0 Å². The number of nitrogens with zero attached hydrogens (tertiary/aromatic N) is 1. The van der Waals surface area contributed by atoms with Gasteiger partial charge in [0.1, 0.15) is 6.10 Å². The van der Waals surface area contributed by atoms with E-state index in [-0.39, 0.29) is 5.91 Å². The number of carbonyl (C=O) groups is 1. The Labute approximate surface area is 122 Å². The first-order chi connectivity index (χ1) is 9.56. The van der Waals surface area contributed by atoms with Crippen LogP contribution in [0.3, 0.4) is 0 Å². The van der Waals surface area contributed by atoms with Gasteiger partial charge in [0.05, 0.1) is 11.4 Å². The molecule has 6 heteroatoms. The summed E-state index contributed by atoms with van der Waals surface area (Å²) in [5.74, 6) is 0.239. The quantitative estimate of drug-likeness (QED) is 0.860. The first kappa shape index (κ1) is 14.7. The van der Waals surface area contributed by atoms with Gasteiger partial charge in [0, 0.05) is 18.2 Å². The highest BCUT2D eigenvalue weighted by molar-refractivity contribution is 7.14. The normalized spacial score (nSPS) is 12.6. The van der Waals surface area contributed by atoms with E-state index in [1.54, 1.807) is 6.92 Å². The number of H-pyrrole nitrogens is 1. The van der Waals surface area contributed by atoms with Crippen molar-refractivity contribution in [1.29, 1.82) is 0 Å². The van der Waals surface area contributed by atoms with Crippen molar-refractivity contribution in [1.82, 2.24) is 9.97 Å². The summed E-state index contributed by atoms with van der Waals surface area (Å²) in [6.07, 6.45) is 1.37. The minimum absolute atomic E-state index is 0.168. The van der Waals surface area contributed by atoms with Crippen molar-refractivity contribution in [2.45, 2.75) is 26.9 Å². The van der Waals surface area contributed by atoms with E-state index in [1.165, 1.54) is 11.3 Å².